The van der Waals surface area contributed by atoms with Crippen molar-refractivity contribution in [3.63, 3.8) is 0 Å². The highest BCUT2D eigenvalue weighted by Gasteiger charge is 2.20. The van der Waals surface area contributed by atoms with Crippen LogP contribution in [-0.4, -0.2) is 29.4 Å². The maximum absolute atomic E-state index is 12.4. The minimum absolute atomic E-state index is 0.0110. The molecule has 0 heterocycles. The van der Waals surface area contributed by atoms with Crippen molar-refractivity contribution in [2.24, 2.45) is 0 Å². The van der Waals surface area contributed by atoms with E-state index >= 15 is 0 Å². The van der Waals surface area contributed by atoms with Crippen LogP contribution >= 0.6 is 0 Å². The highest BCUT2D eigenvalue weighted by atomic mass is 16.6. The Morgan fingerprint density at radius 1 is 1.24 bits per heavy atom. The molecule has 0 N–H and O–H groups in total. The number of likely N-dealkylation sites (N-methyl/N-ethyl adjacent to an activating group) is 1. The Labute approximate surface area is 147 Å². The molecular weight excluding hydrogens is 320 g/mol. The number of nitro groups is 1. The second-order valence-electron chi connectivity index (χ2n) is 6.02. The molecule has 0 saturated heterocycles. The average molecular weight is 342 g/mol. The summed E-state index contributed by atoms with van der Waals surface area (Å²) < 4.78 is 5.65. The van der Waals surface area contributed by atoms with Crippen LogP contribution < -0.4 is 4.74 Å². The first-order chi connectivity index (χ1) is 11.8. The van der Waals surface area contributed by atoms with Crippen molar-refractivity contribution in [2.45, 2.75) is 26.8 Å². The molecule has 0 aliphatic carbocycles. The van der Waals surface area contributed by atoms with Crippen molar-refractivity contribution in [3.05, 3.63) is 69.3 Å². The van der Waals surface area contributed by atoms with Crippen molar-refractivity contribution in [3.8, 4) is 5.75 Å². The summed E-state index contributed by atoms with van der Waals surface area (Å²) in [5, 5.41) is 10.9. The van der Waals surface area contributed by atoms with Crippen LogP contribution in [0.3, 0.4) is 0 Å². The first-order valence-electron chi connectivity index (χ1n) is 8.00. The Balaban J connectivity index is 2.05. The molecule has 0 aromatic heterocycles. The van der Waals surface area contributed by atoms with E-state index < -0.39 is 4.92 Å². The molecule has 6 heteroatoms. The number of amides is 1. The Bertz CT molecular complexity index is 789. The number of nitro benzene ring substituents is 1. The van der Waals surface area contributed by atoms with Crippen LogP contribution in [0.1, 0.15) is 29.7 Å². The Hall–Kier alpha value is -2.89. The van der Waals surface area contributed by atoms with Gasteiger partial charge in [0.2, 0.25) is 0 Å². The molecule has 6 nitrogen and oxygen atoms in total. The van der Waals surface area contributed by atoms with Crippen molar-refractivity contribution in [1.29, 1.82) is 0 Å². The van der Waals surface area contributed by atoms with Crippen LogP contribution in [0.25, 0.3) is 0 Å². The van der Waals surface area contributed by atoms with Gasteiger partial charge >= 0.3 is 0 Å². The normalized spacial score (nSPS) is 11.7. The Kier molecular flexibility index (Phi) is 5.75. The first-order valence-corrected chi connectivity index (χ1v) is 8.00. The third-order valence-electron chi connectivity index (χ3n) is 4.44. The summed E-state index contributed by atoms with van der Waals surface area (Å²) in [6.07, 6.45) is 0. The molecule has 1 atom stereocenters. The van der Waals surface area contributed by atoms with Gasteiger partial charge in [-0.1, -0.05) is 24.3 Å². The van der Waals surface area contributed by atoms with Gasteiger partial charge in [-0.3, -0.25) is 14.9 Å². The molecule has 0 bridgehead atoms. The molecular formula is C19H22N2O4. The monoisotopic (exact) mass is 342 g/mol. The molecule has 132 valence electrons. The molecule has 0 fully saturated rings. The third kappa shape index (κ3) is 4.35. The molecule has 0 aliphatic rings. The van der Waals surface area contributed by atoms with E-state index in [0.29, 0.717) is 11.3 Å². The minimum atomic E-state index is -0.443. The lowest BCUT2D eigenvalue weighted by Gasteiger charge is -2.25. The largest absolute Gasteiger partial charge is 0.483 e. The number of carbonyl (C=O) groups is 1. The van der Waals surface area contributed by atoms with Crippen LogP contribution in [0, 0.1) is 24.0 Å². The summed E-state index contributed by atoms with van der Waals surface area (Å²) in [5.41, 5.74) is 2.82. The number of aryl methyl sites for hydroxylation is 1. The molecule has 2 rings (SSSR count). The van der Waals surface area contributed by atoms with E-state index in [-0.39, 0.29) is 24.2 Å². The predicted octanol–water partition coefficient (Wildman–Crippen LogP) is 3.81. The standard InChI is InChI=1S/C19H22N2O4/c1-13-7-5-10-18(14(13)2)25-12-19(22)20(4)15(3)16-8-6-9-17(11-16)21(23)24/h5-11,15H,12H2,1-4H3/t15-/m0/s1. The maximum atomic E-state index is 12.4. The van der Waals surface area contributed by atoms with Gasteiger partial charge in [0, 0.05) is 19.2 Å². The zero-order chi connectivity index (χ0) is 18.6. The maximum Gasteiger partial charge on any atom is 0.269 e. The Morgan fingerprint density at radius 3 is 2.60 bits per heavy atom. The van der Waals surface area contributed by atoms with Crippen LogP contribution in [0.5, 0.6) is 5.75 Å². The summed E-state index contributed by atoms with van der Waals surface area (Å²) in [5.74, 6) is 0.490. The SMILES string of the molecule is Cc1cccc(OCC(=O)N(C)[C@@H](C)c2cccc([N+](=O)[O-])c2)c1C. The molecule has 1 amide bonds. The van der Waals surface area contributed by atoms with Gasteiger partial charge in [0.05, 0.1) is 11.0 Å². The van der Waals surface area contributed by atoms with Crippen molar-refractivity contribution in [1.82, 2.24) is 4.90 Å². The number of hydrogen-bond acceptors (Lipinski definition) is 4. The van der Waals surface area contributed by atoms with Crippen molar-refractivity contribution < 1.29 is 14.5 Å². The fourth-order valence-corrected chi connectivity index (χ4v) is 2.46. The lowest BCUT2D eigenvalue weighted by Crippen LogP contribution is -2.33. The van der Waals surface area contributed by atoms with Gasteiger partial charge in [0.25, 0.3) is 11.6 Å². The van der Waals surface area contributed by atoms with Gasteiger partial charge in [-0.25, -0.2) is 0 Å². The van der Waals surface area contributed by atoms with E-state index in [0.717, 1.165) is 11.1 Å². The average Bonchev–Trinajstić information content (AvgIpc) is 2.61. The highest BCUT2D eigenvalue weighted by Crippen LogP contribution is 2.24. The number of nitrogens with zero attached hydrogens (tertiary/aromatic N) is 2. The van der Waals surface area contributed by atoms with Gasteiger partial charge in [0.15, 0.2) is 6.61 Å². The lowest BCUT2D eigenvalue weighted by molar-refractivity contribution is -0.384. The van der Waals surface area contributed by atoms with Crippen LogP contribution in [0.4, 0.5) is 5.69 Å². The summed E-state index contributed by atoms with van der Waals surface area (Å²) in [7, 11) is 1.66. The minimum Gasteiger partial charge on any atom is -0.483 e. The summed E-state index contributed by atoms with van der Waals surface area (Å²) in [6.45, 7) is 5.68. The van der Waals surface area contributed by atoms with Crippen LogP contribution in [0.2, 0.25) is 0 Å². The van der Waals surface area contributed by atoms with Gasteiger partial charge in [-0.05, 0) is 43.5 Å². The number of carbonyl (C=O) groups excluding carboxylic acids is 1. The van der Waals surface area contributed by atoms with E-state index in [4.69, 9.17) is 4.74 Å². The van der Waals surface area contributed by atoms with Gasteiger partial charge in [-0.15, -0.1) is 0 Å². The summed E-state index contributed by atoms with van der Waals surface area (Å²) >= 11 is 0. The number of benzene rings is 2. The van der Waals surface area contributed by atoms with Gasteiger partial charge in [0.1, 0.15) is 5.75 Å². The topological polar surface area (TPSA) is 72.7 Å². The van der Waals surface area contributed by atoms with Crippen molar-refractivity contribution in [2.75, 3.05) is 13.7 Å². The van der Waals surface area contributed by atoms with Gasteiger partial charge in [-0.2, -0.15) is 0 Å². The van der Waals surface area contributed by atoms with E-state index in [1.165, 1.54) is 17.0 Å². The van der Waals surface area contributed by atoms with Crippen molar-refractivity contribution >= 4 is 11.6 Å². The fraction of sp³-hybridized carbons (Fsp3) is 0.316. The second-order valence-corrected chi connectivity index (χ2v) is 6.02. The summed E-state index contributed by atoms with van der Waals surface area (Å²) in [4.78, 5) is 24.4. The van der Waals surface area contributed by atoms with E-state index in [1.807, 2.05) is 39.0 Å². The molecule has 2 aromatic rings. The zero-order valence-corrected chi connectivity index (χ0v) is 14.9. The Morgan fingerprint density at radius 2 is 1.92 bits per heavy atom. The molecule has 0 saturated carbocycles. The second kappa shape index (κ2) is 7.79. The molecule has 2 aromatic carbocycles. The third-order valence-corrected chi connectivity index (χ3v) is 4.44. The van der Waals surface area contributed by atoms with Gasteiger partial charge < -0.3 is 9.64 Å². The lowest BCUT2D eigenvalue weighted by atomic mass is 10.1. The smallest absolute Gasteiger partial charge is 0.269 e. The predicted molar refractivity (Wildman–Crippen MR) is 95.7 cm³/mol. The summed E-state index contributed by atoms with van der Waals surface area (Å²) in [6, 6.07) is 11.7. The molecule has 0 spiro atoms. The van der Waals surface area contributed by atoms with E-state index in [2.05, 4.69) is 0 Å². The fourth-order valence-electron chi connectivity index (χ4n) is 2.46. The molecule has 0 unspecified atom stereocenters. The number of non-ortho nitro benzene ring substituents is 1. The first kappa shape index (κ1) is 18.4. The number of hydrogen-bond donors (Lipinski definition) is 0. The van der Waals surface area contributed by atoms with Crippen LogP contribution in [0.15, 0.2) is 42.5 Å². The van der Waals surface area contributed by atoms with E-state index in [9.17, 15) is 14.9 Å². The number of rotatable bonds is 6. The quantitative estimate of drug-likeness (QED) is 0.591. The molecule has 25 heavy (non-hydrogen) atoms. The number of ether oxygens (including phenoxy) is 1. The highest BCUT2D eigenvalue weighted by molar-refractivity contribution is 5.78. The molecule has 0 aliphatic heterocycles. The zero-order valence-electron chi connectivity index (χ0n) is 14.9. The molecule has 0 radical (unpaired) electrons. The van der Waals surface area contributed by atoms with Crippen LogP contribution in [-0.2, 0) is 4.79 Å². The van der Waals surface area contributed by atoms with E-state index in [1.54, 1.807) is 19.2 Å².